The van der Waals surface area contributed by atoms with Gasteiger partial charge in [0, 0.05) is 55.9 Å². The van der Waals surface area contributed by atoms with Gasteiger partial charge in [0.25, 0.3) is 5.91 Å². The summed E-state index contributed by atoms with van der Waals surface area (Å²) in [6, 6.07) is 15.1. The van der Waals surface area contributed by atoms with Crippen molar-refractivity contribution >= 4 is 17.3 Å². The molecular weight excluding hydrogens is 502 g/mol. The van der Waals surface area contributed by atoms with E-state index in [0.29, 0.717) is 32.2 Å². The number of piperazine rings is 1. The number of β-amino-alcohol motifs (C(OH)–C–C–N with tert-alkyl or cyclic N) is 1. The van der Waals surface area contributed by atoms with Gasteiger partial charge < -0.3 is 15.3 Å². The molecule has 1 aliphatic rings. The Balaban J connectivity index is 1.33. The van der Waals surface area contributed by atoms with Gasteiger partial charge in [0.2, 0.25) is 5.95 Å². The van der Waals surface area contributed by atoms with Gasteiger partial charge in [0.15, 0.2) is 5.60 Å². The number of rotatable bonds is 6. The Morgan fingerprint density at radius 3 is 2.29 bits per heavy atom. The van der Waals surface area contributed by atoms with Crippen molar-refractivity contribution in [1.29, 1.82) is 5.26 Å². The van der Waals surface area contributed by atoms with Gasteiger partial charge in [-0.05, 0) is 55.0 Å². The molecule has 1 atom stereocenters. The van der Waals surface area contributed by atoms with Crippen LogP contribution in [-0.4, -0.2) is 59.2 Å². The molecule has 0 radical (unpaired) electrons. The zero-order chi connectivity index (χ0) is 27.5. The first-order valence-corrected chi connectivity index (χ1v) is 11.8. The van der Waals surface area contributed by atoms with Gasteiger partial charge in [-0.2, -0.15) is 22.8 Å². The second kappa shape index (κ2) is 10.8. The first-order chi connectivity index (χ1) is 18.0. The van der Waals surface area contributed by atoms with Crippen molar-refractivity contribution in [2.75, 3.05) is 42.9 Å². The molecule has 0 bridgehead atoms. The Morgan fingerprint density at radius 2 is 1.71 bits per heavy atom. The van der Waals surface area contributed by atoms with E-state index in [0.717, 1.165) is 22.9 Å². The highest BCUT2D eigenvalue weighted by Gasteiger charge is 2.36. The molecule has 4 rings (SSSR count). The fraction of sp³-hybridized carbons (Fsp3) is 0.296. The van der Waals surface area contributed by atoms with E-state index in [4.69, 9.17) is 5.26 Å². The number of aromatic nitrogens is 1. The minimum atomic E-state index is -4.76. The number of carbonyl (C=O) groups is 1. The Bertz CT molecular complexity index is 1330. The normalized spacial score (nSPS) is 16.0. The zero-order valence-corrected chi connectivity index (χ0v) is 20.5. The van der Waals surface area contributed by atoms with Crippen LogP contribution in [0, 0.1) is 17.3 Å². The number of aliphatic hydroxyl groups is 1. The Morgan fingerprint density at radius 1 is 1.05 bits per heavy atom. The predicted octanol–water partition coefficient (Wildman–Crippen LogP) is 4.29. The van der Waals surface area contributed by atoms with Crippen molar-refractivity contribution in [3.05, 3.63) is 77.9 Å². The molecule has 1 unspecified atom stereocenters. The van der Waals surface area contributed by atoms with Crippen LogP contribution in [0.4, 0.5) is 28.9 Å². The first-order valence-electron chi connectivity index (χ1n) is 11.8. The van der Waals surface area contributed by atoms with Crippen molar-refractivity contribution < 1.29 is 27.5 Å². The third-order valence-electron chi connectivity index (χ3n) is 6.39. The van der Waals surface area contributed by atoms with Crippen molar-refractivity contribution in [2.45, 2.75) is 18.7 Å². The number of amides is 1. The molecule has 2 N–H and O–H groups in total. The number of carbonyl (C=O) groups excluding carboxylic acids is 1. The number of nitrogens with one attached hydrogen (secondary N) is 1. The minimum Gasteiger partial charge on any atom is -0.379 e. The average molecular weight is 528 g/mol. The Hall–Kier alpha value is -4.01. The fourth-order valence-corrected chi connectivity index (χ4v) is 4.30. The van der Waals surface area contributed by atoms with Gasteiger partial charge in [0.05, 0.1) is 17.2 Å². The predicted molar refractivity (Wildman–Crippen MR) is 134 cm³/mol. The number of anilines is 2. The van der Waals surface area contributed by atoms with Crippen LogP contribution in [0.15, 0.2) is 60.8 Å². The van der Waals surface area contributed by atoms with Crippen molar-refractivity contribution in [1.82, 2.24) is 9.88 Å². The summed E-state index contributed by atoms with van der Waals surface area (Å²) in [6.45, 7) is 3.70. The molecule has 11 heteroatoms. The number of benzene rings is 2. The van der Waals surface area contributed by atoms with E-state index >= 15 is 0 Å². The number of nitriles is 1. The molecule has 0 aliphatic carbocycles. The van der Waals surface area contributed by atoms with Crippen LogP contribution in [0.2, 0.25) is 0 Å². The van der Waals surface area contributed by atoms with Crippen LogP contribution in [0.25, 0.3) is 11.1 Å². The molecule has 1 aromatic heterocycles. The lowest BCUT2D eigenvalue weighted by Gasteiger charge is -2.38. The van der Waals surface area contributed by atoms with E-state index < -0.39 is 34.8 Å². The largest absolute Gasteiger partial charge is 0.417 e. The molecule has 7 nitrogen and oxygen atoms in total. The zero-order valence-electron chi connectivity index (χ0n) is 20.5. The smallest absolute Gasteiger partial charge is 0.379 e. The highest BCUT2D eigenvalue weighted by Crippen LogP contribution is 2.33. The van der Waals surface area contributed by atoms with Crippen molar-refractivity contribution in [3.63, 3.8) is 0 Å². The molecule has 1 aliphatic heterocycles. The second-order valence-corrected chi connectivity index (χ2v) is 9.28. The van der Waals surface area contributed by atoms with Crippen molar-refractivity contribution in [3.8, 4) is 17.2 Å². The molecule has 1 saturated heterocycles. The molecule has 3 aromatic rings. The SMILES string of the molecule is CC(O)(CN1CCN(c2ccc(-c3ccc(F)nc3)cc2)CC1)C(=O)Nc1ccc(C#N)c(C(F)(F)F)c1. The van der Waals surface area contributed by atoms with E-state index in [-0.39, 0.29) is 12.2 Å². The topological polar surface area (TPSA) is 92.5 Å². The molecule has 38 heavy (non-hydrogen) atoms. The lowest BCUT2D eigenvalue weighted by Crippen LogP contribution is -2.54. The lowest BCUT2D eigenvalue weighted by atomic mass is 10.0. The maximum atomic E-state index is 13.2. The minimum absolute atomic E-state index is 0.00835. The number of hydrogen-bond acceptors (Lipinski definition) is 6. The van der Waals surface area contributed by atoms with Crippen LogP contribution in [0.5, 0.6) is 0 Å². The summed E-state index contributed by atoms with van der Waals surface area (Å²) in [5.74, 6) is -1.38. The number of nitrogens with zero attached hydrogens (tertiary/aromatic N) is 4. The summed E-state index contributed by atoms with van der Waals surface area (Å²) < 4.78 is 52.7. The molecular formula is C27H25F4N5O2. The molecule has 0 spiro atoms. The maximum Gasteiger partial charge on any atom is 0.417 e. The van der Waals surface area contributed by atoms with E-state index in [1.807, 2.05) is 29.2 Å². The van der Waals surface area contributed by atoms with Gasteiger partial charge in [0.1, 0.15) is 0 Å². The summed E-state index contributed by atoms with van der Waals surface area (Å²) >= 11 is 0. The third kappa shape index (κ3) is 6.27. The van der Waals surface area contributed by atoms with Crippen LogP contribution in [0.3, 0.4) is 0 Å². The molecule has 2 heterocycles. The summed E-state index contributed by atoms with van der Waals surface area (Å²) in [5, 5.41) is 22.1. The van der Waals surface area contributed by atoms with E-state index in [1.165, 1.54) is 31.3 Å². The van der Waals surface area contributed by atoms with E-state index in [2.05, 4.69) is 15.2 Å². The summed E-state index contributed by atoms with van der Waals surface area (Å²) in [7, 11) is 0. The third-order valence-corrected chi connectivity index (χ3v) is 6.39. The quantitative estimate of drug-likeness (QED) is 0.367. The number of alkyl halides is 3. The lowest BCUT2D eigenvalue weighted by molar-refractivity contribution is -0.138. The first kappa shape index (κ1) is 27.0. The molecule has 1 fully saturated rings. The molecule has 0 saturated carbocycles. The van der Waals surface area contributed by atoms with Crippen LogP contribution < -0.4 is 10.2 Å². The van der Waals surface area contributed by atoms with Gasteiger partial charge >= 0.3 is 6.18 Å². The summed E-state index contributed by atoms with van der Waals surface area (Å²) in [5.41, 5.74) is -1.02. The Labute approximate surface area is 216 Å². The standard InChI is InChI=1S/C27H25F4N5O2/c1-26(38,25(37)34-21-6-2-19(15-32)23(14-21)27(29,30)31)17-35-10-12-36(13-11-35)22-7-3-18(4-8-22)20-5-9-24(28)33-16-20/h2-9,14,16,38H,10-13,17H2,1H3,(H,34,37). The van der Waals surface area contributed by atoms with E-state index in [9.17, 15) is 27.5 Å². The fourth-order valence-electron chi connectivity index (χ4n) is 4.30. The number of pyridine rings is 1. The number of halogens is 4. The monoisotopic (exact) mass is 527 g/mol. The van der Waals surface area contributed by atoms with Gasteiger partial charge in [-0.15, -0.1) is 0 Å². The maximum absolute atomic E-state index is 13.2. The van der Waals surface area contributed by atoms with Crippen LogP contribution >= 0.6 is 0 Å². The molecule has 198 valence electrons. The highest BCUT2D eigenvalue weighted by atomic mass is 19.4. The van der Waals surface area contributed by atoms with Gasteiger partial charge in [-0.25, -0.2) is 4.98 Å². The van der Waals surface area contributed by atoms with Crippen molar-refractivity contribution in [2.24, 2.45) is 0 Å². The van der Waals surface area contributed by atoms with Crippen LogP contribution in [-0.2, 0) is 11.0 Å². The highest BCUT2D eigenvalue weighted by molar-refractivity contribution is 5.97. The number of hydrogen-bond donors (Lipinski definition) is 2. The second-order valence-electron chi connectivity index (χ2n) is 9.28. The van der Waals surface area contributed by atoms with Gasteiger partial charge in [-0.3, -0.25) is 9.69 Å². The molecule has 2 aromatic carbocycles. The van der Waals surface area contributed by atoms with Crippen LogP contribution in [0.1, 0.15) is 18.1 Å². The average Bonchev–Trinajstić information content (AvgIpc) is 2.89. The molecule has 1 amide bonds. The van der Waals surface area contributed by atoms with Gasteiger partial charge in [-0.1, -0.05) is 12.1 Å². The Kier molecular flexibility index (Phi) is 7.66. The van der Waals surface area contributed by atoms with E-state index in [1.54, 1.807) is 6.07 Å². The summed E-state index contributed by atoms with van der Waals surface area (Å²) in [6.07, 6.45) is -3.28. The summed E-state index contributed by atoms with van der Waals surface area (Å²) in [4.78, 5) is 20.5.